The van der Waals surface area contributed by atoms with E-state index in [9.17, 15) is 4.79 Å². The standard InChI is InChI=1S/C13H20N2O3/c1-13(2,3)18-12(17)15-11(7-9-16)10-6-4-5-8-14-10/h4-6,8,11,16H,7,9H2,1-3H3,(H,15,17). The fourth-order valence-electron chi connectivity index (χ4n) is 1.46. The molecule has 0 saturated heterocycles. The number of carbonyl (C=O) groups excluding carboxylic acids is 1. The van der Waals surface area contributed by atoms with Crippen molar-refractivity contribution in [3.63, 3.8) is 0 Å². The van der Waals surface area contributed by atoms with Gasteiger partial charge >= 0.3 is 6.09 Å². The van der Waals surface area contributed by atoms with Gasteiger partial charge in [-0.2, -0.15) is 0 Å². The smallest absolute Gasteiger partial charge is 0.408 e. The van der Waals surface area contributed by atoms with E-state index in [0.717, 1.165) is 0 Å². The largest absolute Gasteiger partial charge is 0.444 e. The second-order valence-corrected chi connectivity index (χ2v) is 4.97. The molecule has 1 unspecified atom stereocenters. The topological polar surface area (TPSA) is 71.5 Å². The van der Waals surface area contributed by atoms with Gasteiger partial charge in [-0.3, -0.25) is 4.98 Å². The summed E-state index contributed by atoms with van der Waals surface area (Å²) in [6.07, 6.45) is 1.54. The van der Waals surface area contributed by atoms with Gasteiger partial charge in [0.2, 0.25) is 0 Å². The van der Waals surface area contributed by atoms with E-state index in [0.29, 0.717) is 12.1 Å². The second-order valence-electron chi connectivity index (χ2n) is 4.97. The van der Waals surface area contributed by atoms with Crippen LogP contribution in [0.1, 0.15) is 38.9 Å². The number of ether oxygens (including phenoxy) is 1. The van der Waals surface area contributed by atoms with Crippen LogP contribution in [0.15, 0.2) is 24.4 Å². The van der Waals surface area contributed by atoms with E-state index in [1.165, 1.54) is 0 Å². The highest BCUT2D eigenvalue weighted by Gasteiger charge is 2.20. The number of aliphatic hydroxyl groups is 1. The molecule has 1 rings (SSSR count). The van der Waals surface area contributed by atoms with Crippen molar-refractivity contribution in [1.29, 1.82) is 0 Å². The van der Waals surface area contributed by atoms with Gasteiger partial charge < -0.3 is 15.2 Å². The molecule has 1 atom stereocenters. The van der Waals surface area contributed by atoms with Gasteiger partial charge in [0.1, 0.15) is 5.60 Å². The maximum absolute atomic E-state index is 11.7. The van der Waals surface area contributed by atoms with Crippen molar-refractivity contribution >= 4 is 6.09 Å². The summed E-state index contributed by atoms with van der Waals surface area (Å²) in [6.45, 7) is 5.37. The summed E-state index contributed by atoms with van der Waals surface area (Å²) >= 11 is 0. The van der Waals surface area contributed by atoms with E-state index < -0.39 is 11.7 Å². The predicted octanol–water partition coefficient (Wildman–Crippen LogP) is 2.03. The van der Waals surface area contributed by atoms with Crippen molar-refractivity contribution in [3.8, 4) is 0 Å². The van der Waals surface area contributed by atoms with Crippen LogP contribution in [0.5, 0.6) is 0 Å². The van der Waals surface area contributed by atoms with Gasteiger partial charge in [-0.05, 0) is 39.3 Å². The first-order valence-corrected chi connectivity index (χ1v) is 5.93. The Hall–Kier alpha value is -1.62. The number of carbonyl (C=O) groups is 1. The number of amides is 1. The summed E-state index contributed by atoms with van der Waals surface area (Å²) in [4.78, 5) is 15.8. The monoisotopic (exact) mass is 252 g/mol. The molecule has 2 N–H and O–H groups in total. The highest BCUT2D eigenvalue weighted by molar-refractivity contribution is 5.68. The second kappa shape index (κ2) is 6.35. The number of nitrogens with one attached hydrogen (secondary N) is 1. The van der Waals surface area contributed by atoms with Gasteiger partial charge in [0.25, 0.3) is 0 Å². The highest BCUT2D eigenvalue weighted by Crippen LogP contribution is 2.15. The molecule has 18 heavy (non-hydrogen) atoms. The molecule has 0 aliphatic heterocycles. The number of hydrogen-bond acceptors (Lipinski definition) is 4. The Balaban J connectivity index is 2.67. The molecule has 100 valence electrons. The number of aromatic nitrogens is 1. The van der Waals surface area contributed by atoms with Crippen LogP contribution in [0.4, 0.5) is 4.79 Å². The Morgan fingerprint density at radius 1 is 1.50 bits per heavy atom. The Kier molecular flexibility index (Phi) is 5.09. The third-order valence-electron chi connectivity index (χ3n) is 2.15. The minimum Gasteiger partial charge on any atom is -0.444 e. The minimum absolute atomic E-state index is 0.0307. The summed E-state index contributed by atoms with van der Waals surface area (Å²) in [5.74, 6) is 0. The molecule has 0 aliphatic rings. The third kappa shape index (κ3) is 5.14. The molecule has 1 aromatic heterocycles. The maximum Gasteiger partial charge on any atom is 0.408 e. The van der Waals surface area contributed by atoms with Gasteiger partial charge in [-0.15, -0.1) is 0 Å². The molecular weight excluding hydrogens is 232 g/mol. The first-order valence-electron chi connectivity index (χ1n) is 5.93. The SMILES string of the molecule is CC(C)(C)OC(=O)NC(CCO)c1ccccn1. The summed E-state index contributed by atoms with van der Waals surface area (Å²) in [5.41, 5.74) is 0.162. The van der Waals surface area contributed by atoms with E-state index in [1.807, 2.05) is 6.07 Å². The number of hydrogen-bond donors (Lipinski definition) is 2. The quantitative estimate of drug-likeness (QED) is 0.860. The molecule has 1 heterocycles. The molecule has 0 spiro atoms. The van der Waals surface area contributed by atoms with Gasteiger partial charge in [0.15, 0.2) is 0 Å². The Morgan fingerprint density at radius 3 is 2.72 bits per heavy atom. The lowest BCUT2D eigenvalue weighted by Crippen LogP contribution is -2.35. The van der Waals surface area contributed by atoms with Crippen LogP contribution in [0.2, 0.25) is 0 Å². The molecule has 5 heteroatoms. The molecule has 0 bridgehead atoms. The molecule has 1 aromatic rings. The molecule has 1 amide bonds. The van der Waals surface area contributed by atoms with Crippen LogP contribution >= 0.6 is 0 Å². The van der Waals surface area contributed by atoms with Crippen molar-refractivity contribution in [2.45, 2.75) is 38.8 Å². The molecule has 5 nitrogen and oxygen atoms in total. The van der Waals surface area contributed by atoms with Crippen LogP contribution in [-0.2, 0) is 4.74 Å². The van der Waals surface area contributed by atoms with Gasteiger partial charge in [-0.1, -0.05) is 6.07 Å². The predicted molar refractivity (Wildman–Crippen MR) is 68.1 cm³/mol. The lowest BCUT2D eigenvalue weighted by atomic mass is 10.1. The zero-order valence-corrected chi connectivity index (χ0v) is 11.0. The molecule has 0 fully saturated rings. The van der Waals surface area contributed by atoms with Crippen molar-refractivity contribution in [2.24, 2.45) is 0 Å². The fraction of sp³-hybridized carbons (Fsp3) is 0.538. The summed E-state index contributed by atoms with van der Waals surface area (Å²) in [6, 6.07) is 5.10. The van der Waals surface area contributed by atoms with Crippen molar-refractivity contribution in [1.82, 2.24) is 10.3 Å². The van der Waals surface area contributed by atoms with Gasteiger partial charge in [0.05, 0.1) is 11.7 Å². The highest BCUT2D eigenvalue weighted by atomic mass is 16.6. The third-order valence-corrected chi connectivity index (χ3v) is 2.15. The normalized spacial score (nSPS) is 12.9. The van der Waals surface area contributed by atoms with E-state index in [1.54, 1.807) is 39.1 Å². The fourth-order valence-corrected chi connectivity index (χ4v) is 1.46. The maximum atomic E-state index is 11.7. The summed E-state index contributed by atoms with van der Waals surface area (Å²) in [7, 11) is 0. The van der Waals surface area contributed by atoms with Crippen molar-refractivity contribution in [3.05, 3.63) is 30.1 Å². The van der Waals surface area contributed by atoms with Crippen molar-refractivity contribution in [2.75, 3.05) is 6.61 Å². The van der Waals surface area contributed by atoms with Gasteiger partial charge in [0, 0.05) is 12.8 Å². The van der Waals surface area contributed by atoms with Gasteiger partial charge in [-0.25, -0.2) is 4.79 Å². The molecule has 0 aliphatic carbocycles. The van der Waals surface area contributed by atoms with Crippen LogP contribution in [0.25, 0.3) is 0 Å². The number of alkyl carbamates (subject to hydrolysis) is 1. The van der Waals surface area contributed by atoms with E-state index in [4.69, 9.17) is 9.84 Å². The average Bonchev–Trinajstić information content (AvgIpc) is 2.27. The van der Waals surface area contributed by atoms with Crippen LogP contribution in [-0.4, -0.2) is 28.4 Å². The zero-order valence-electron chi connectivity index (χ0n) is 11.0. The zero-order chi connectivity index (χ0) is 13.6. The molecule has 0 radical (unpaired) electrons. The number of rotatable bonds is 4. The number of nitrogens with zero attached hydrogens (tertiary/aromatic N) is 1. The lowest BCUT2D eigenvalue weighted by molar-refractivity contribution is 0.0495. The average molecular weight is 252 g/mol. The number of pyridine rings is 1. The Bertz CT molecular complexity index is 374. The van der Waals surface area contributed by atoms with Crippen LogP contribution in [0.3, 0.4) is 0 Å². The van der Waals surface area contributed by atoms with E-state index in [-0.39, 0.29) is 12.6 Å². The summed E-state index contributed by atoms with van der Waals surface area (Å²) in [5, 5.41) is 11.7. The lowest BCUT2D eigenvalue weighted by Gasteiger charge is -2.23. The van der Waals surface area contributed by atoms with Crippen LogP contribution in [0, 0.1) is 0 Å². The van der Waals surface area contributed by atoms with Crippen molar-refractivity contribution < 1.29 is 14.6 Å². The first-order chi connectivity index (χ1) is 8.42. The molecule has 0 saturated carbocycles. The molecular formula is C13H20N2O3. The molecule has 0 aromatic carbocycles. The number of aliphatic hydroxyl groups excluding tert-OH is 1. The minimum atomic E-state index is -0.544. The Labute approximate surface area is 107 Å². The van der Waals surface area contributed by atoms with E-state index in [2.05, 4.69) is 10.3 Å². The van der Waals surface area contributed by atoms with E-state index >= 15 is 0 Å². The first kappa shape index (κ1) is 14.4. The van der Waals surface area contributed by atoms with Crippen LogP contribution < -0.4 is 5.32 Å². The summed E-state index contributed by atoms with van der Waals surface area (Å²) < 4.78 is 5.18. The Morgan fingerprint density at radius 2 is 2.22 bits per heavy atom.